The third-order valence-corrected chi connectivity index (χ3v) is 9.04. The number of sulfone groups is 1. The summed E-state index contributed by atoms with van der Waals surface area (Å²) in [5.41, 5.74) is 0. The van der Waals surface area contributed by atoms with Gasteiger partial charge in [0.15, 0.2) is 7.65 Å². The number of unbranched alkanes of at least 4 members (excludes halogenated alkanes) is 5. The van der Waals surface area contributed by atoms with Gasteiger partial charge in [-0.1, -0.05) is 75.4 Å². The summed E-state index contributed by atoms with van der Waals surface area (Å²) >= 11 is -0.445. The lowest BCUT2D eigenvalue weighted by Gasteiger charge is -2.07. The van der Waals surface area contributed by atoms with Crippen molar-refractivity contribution in [3.8, 4) is 0 Å². The van der Waals surface area contributed by atoms with E-state index in [4.69, 9.17) is 0 Å². The molecule has 0 aliphatic carbocycles. The molecule has 0 fully saturated rings. The van der Waals surface area contributed by atoms with Crippen molar-refractivity contribution in [2.45, 2.75) is 56.8 Å². The minimum Gasteiger partial charge on any atom is -0.219 e. The second-order valence-electron chi connectivity index (χ2n) is 6.31. The van der Waals surface area contributed by atoms with Crippen LogP contribution in [-0.4, -0.2) is 8.42 Å². The van der Waals surface area contributed by atoms with Crippen LogP contribution in [0.1, 0.15) is 51.9 Å². The summed E-state index contributed by atoms with van der Waals surface area (Å²) in [5, 5.41) is 0. The zero-order chi connectivity index (χ0) is 18.7. The molecule has 0 aromatic heterocycles. The third-order valence-electron chi connectivity index (χ3n) is 4.21. The molecule has 0 saturated carbocycles. The van der Waals surface area contributed by atoms with Crippen molar-refractivity contribution in [2.24, 2.45) is 0 Å². The number of halogens is 1. The predicted octanol–water partition coefficient (Wildman–Crippen LogP) is 3.01. The summed E-state index contributed by atoms with van der Waals surface area (Å²) in [5.74, 6) is 0. The van der Waals surface area contributed by atoms with E-state index in [9.17, 15) is 8.42 Å². The minimum absolute atomic E-state index is 0.411. The van der Waals surface area contributed by atoms with Crippen LogP contribution in [0.4, 0.5) is 0 Å². The van der Waals surface area contributed by atoms with Crippen molar-refractivity contribution in [1.82, 2.24) is 0 Å². The van der Waals surface area contributed by atoms with Gasteiger partial charge in [-0.25, -0.2) is 8.42 Å². The van der Waals surface area contributed by atoms with E-state index >= 15 is 0 Å². The average molecular weight is 483 g/mol. The Kier molecular flexibility index (Phi) is 9.40. The quantitative estimate of drug-likeness (QED) is 0.364. The Morgan fingerprint density at radius 3 is 2.08 bits per heavy atom. The molecule has 140 valence electrons. The van der Waals surface area contributed by atoms with E-state index < -0.39 is 31.0 Å². The van der Waals surface area contributed by atoms with E-state index in [0.29, 0.717) is 16.2 Å². The largest absolute Gasteiger partial charge is 0.350 e. The SMILES string of the molecule is CCCCCCCC/C(=C/[I+]c1ccccc1)S(=O)(=O)c1ccccc1. The number of hydrogen-bond donors (Lipinski definition) is 0. The Bertz CT molecular complexity index is 768. The molecule has 0 N–H and O–H groups in total. The fourth-order valence-electron chi connectivity index (χ4n) is 2.69. The Balaban J connectivity index is 2.10. The Hall–Kier alpha value is -1.14. The van der Waals surface area contributed by atoms with Crippen LogP contribution in [0, 0.1) is 3.57 Å². The normalized spacial score (nSPS) is 12.3. The van der Waals surface area contributed by atoms with Crippen LogP contribution in [-0.2, 0) is 9.84 Å². The molecule has 2 rings (SSSR count). The number of hydrogen-bond acceptors (Lipinski definition) is 2. The lowest BCUT2D eigenvalue weighted by molar-refractivity contribution is -0.557. The molecule has 0 bridgehead atoms. The van der Waals surface area contributed by atoms with Gasteiger partial charge in [0.05, 0.1) is 9.80 Å². The molecule has 26 heavy (non-hydrogen) atoms. The van der Waals surface area contributed by atoms with Gasteiger partial charge < -0.3 is 0 Å². The van der Waals surface area contributed by atoms with Crippen LogP contribution in [0.2, 0.25) is 0 Å². The molecule has 0 saturated heterocycles. The molecular weight excluding hydrogens is 455 g/mol. The summed E-state index contributed by atoms with van der Waals surface area (Å²) < 4.78 is 29.4. The first-order valence-corrected chi connectivity index (χ1v) is 13.1. The van der Waals surface area contributed by atoms with Gasteiger partial charge in [0.2, 0.25) is 9.84 Å². The maximum Gasteiger partial charge on any atom is 0.350 e. The number of rotatable bonds is 11. The van der Waals surface area contributed by atoms with Gasteiger partial charge in [0.25, 0.3) is 0 Å². The Labute approximate surface area is 168 Å². The molecular formula is C22H28IO2S+. The number of benzene rings is 2. The third kappa shape index (κ3) is 6.88. The fourth-order valence-corrected chi connectivity index (χ4v) is 7.19. The van der Waals surface area contributed by atoms with E-state index in [0.717, 1.165) is 12.8 Å². The zero-order valence-electron chi connectivity index (χ0n) is 15.4. The van der Waals surface area contributed by atoms with Crippen molar-refractivity contribution in [2.75, 3.05) is 0 Å². The molecule has 0 atom stereocenters. The number of allylic oxidation sites excluding steroid dienone is 1. The smallest absolute Gasteiger partial charge is 0.219 e. The molecule has 0 radical (unpaired) electrons. The van der Waals surface area contributed by atoms with E-state index in [-0.39, 0.29) is 0 Å². The first-order chi connectivity index (χ1) is 12.6. The maximum atomic E-state index is 13.1. The standard InChI is InChI=1S/C22H28IO2S/c1-2-3-4-5-6-11-18-22(19-23-20-14-9-7-10-15-20)26(24,25)21-16-12-8-13-17-21/h7-10,12-17,19H,2-6,11,18H2,1H3/q+1/b22-19-. The lowest BCUT2D eigenvalue weighted by Crippen LogP contribution is -3.59. The van der Waals surface area contributed by atoms with E-state index in [1.165, 1.54) is 29.3 Å². The van der Waals surface area contributed by atoms with Gasteiger partial charge in [-0.15, -0.1) is 0 Å². The zero-order valence-corrected chi connectivity index (χ0v) is 18.4. The van der Waals surface area contributed by atoms with E-state index in [2.05, 4.69) is 19.1 Å². The summed E-state index contributed by atoms with van der Waals surface area (Å²) in [4.78, 5) is 1.02. The molecule has 2 aromatic rings. The van der Waals surface area contributed by atoms with Crippen LogP contribution in [0.15, 0.2) is 74.5 Å². The highest BCUT2D eigenvalue weighted by molar-refractivity contribution is 7.95. The topological polar surface area (TPSA) is 34.1 Å². The van der Waals surface area contributed by atoms with Crippen molar-refractivity contribution in [1.29, 1.82) is 0 Å². The highest BCUT2D eigenvalue weighted by atomic mass is 127. The Morgan fingerprint density at radius 2 is 1.42 bits per heavy atom. The fraction of sp³-hybridized carbons (Fsp3) is 0.364. The molecule has 0 amide bonds. The van der Waals surface area contributed by atoms with Gasteiger partial charge in [-0.05, 0) is 37.1 Å². The van der Waals surface area contributed by atoms with Crippen LogP contribution in [0.5, 0.6) is 0 Å². The first-order valence-electron chi connectivity index (χ1n) is 9.32. The Morgan fingerprint density at radius 1 is 0.846 bits per heavy atom. The highest BCUT2D eigenvalue weighted by Crippen LogP contribution is 2.23. The van der Waals surface area contributed by atoms with Crippen LogP contribution >= 0.6 is 0 Å². The second kappa shape index (κ2) is 11.5. The molecule has 4 heteroatoms. The molecule has 0 spiro atoms. The van der Waals surface area contributed by atoms with E-state index in [1.807, 2.05) is 28.3 Å². The molecule has 0 unspecified atom stereocenters. The second-order valence-corrected chi connectivity index (χ2v) is 10.8. The summed E-state index contributed by atoms with van der Waals surface area (Å²) in [6, 6.07) is 19.0. The summed E-state index contributed by atoms with van der Waals surface area (Å²) in [7, 11) is -3.38. The molecule has 0 aliphatic heterocycles. The van der Waals surface area contributed by atoms with Gasteiger partial charge in [0.1, 0.15) is 0 Å². The van der Waals surface area contributed by atoms with Gasteiger partial charge in [-0.2, -0.15) is 0 Å². The van der Waals surface area contributed by atoms with Crippen LogP contribution in [0.25, 0.3) is 0 Å². The first kappa shape index (κ1) is 21.2. The summed E-state index contributed by atoms with van der Waals surface area (Å²) in [6.07, 6.45) is 7.64. The minimum atomic E-state index is -3.38. The molecule has 2 nitrogen and oxygen atoms in total. The molecule has 0 heterocycles. The van der Waals surface area contributed by atoms with Crippen molar-refractivity contribution in [3.05, 3.63) is 73.2 Å². The van der Waals surface area contributed by atoms with Crippen molar-refractivity contribution in [3.63, 3.8) is 0 Å². The van der Waals surface area contributed by atoms with Crippen LogP contribution in [0.3, 0.4) is 0 Å². The predicted molar refractivity (Wildman–Crippen MR) is 105 cm³/mol. The van der Waals surface area contributed by atoms with Crippen LogP contribution < -0.4 is 21.2 Å². The van der Waals surface area contributed by atoms with Crippen molar-refractivity contribution >= 4 is 9.84 Å². The van der Waals surface area contributed by atoms with Crippen molar-refractivity contribution < 1.29 is 29.6 Å². The van der Waals surface area contributed by atoms with Gasteiger partial charge >= 0.3 is 21.2 Å². The highest BCUT2D eigenvalue weighted by Gasteiger charge is 2.24. The molecule has 0 aliphatic rings. The average Bonchev–Trinajstić information content (AvgIpc) is 2.68. The van der Waals surface area contributed by atoms with Gasteiger partial charge in [-0.3, -0.25) is 0 Å². The van der Waals surface area contributed by atoms with E-state index in [1.54, 1.807) is 24.3 Å². The van der Waals surface area contributed by atoms with Gasteiger partial charge in [0, 0.05) is 0 Å². The summed E-state index contributed by atoms with van der Waals surface area (Å²) in [6.45, 7) is 2.21. The monoisotopic (exact) mass is 483 g/mol. The maximum absolute atomic E-state index is 13.1. The lowest BCUT2D eigenvalue weighted by atomic mass is 10.1. The molecule has 2 aromatic carbocycles.